The number of anilines is 2. The molecular formula is C26H29N5O5. The first-order chi connectivity index (χ1) is 17.3. The lowest BCUT2D eigenvalue weighted by atomic mass is 9.70. The molecule has 2 aromatic heterocycles. The largest absolute Gasteiger partial charge is 0.360 e. The number of hydrogen-bond acceptors (Lipinski definition) is 7. The number of carbonyl (C=O) groups excluding carboxylic acids is 3. The fraction of sp³-hybridized carbons (Fsp3) is 0.500. The third kappa shape index (κ3) is 3.38. The molecule has 2 aromatic rings. The highest BCUT2D eigenvalue weighted by Crippen LogP contribution is 2.60. The molecule has 1 spiro atoms. The molecule has 5 atom stereocenters. The second kappa shape index (κ2) is 8.26. The van der Waals surface area contributed by atoms with Gasteiger partial charge in [0.2, 0.25) is 17.7 Å². The molecule has 3 amide bonds. The van der Waals surface area contributed by atoms with Crippen LogP contribution in [-0.4, -0.2) is 51.1 Å². The van der Waals surface area contributed by atoms with Gasteiger partial charge in [-0.3, -0.25) is 24.3 Å². The number of pyridine rings is 1. The van der Waals surface area contributed by atoms with E-state index in [-0.39, 0.29) is 23.7 Å². The topological polar surface area (TPSA) is 127 Å². The fourth-order valence-corrected chi connectivity index (χ4v) is 6.46. The summed E-state index contributed by atoms with van der Waals surface area (Å²) in [6, 6.07) is 4.16. The average Bonchev–Trinajstić information content (AvgIpc) is 3.57. The van der Waals surface area contributed by atoms with Crippen molar-refractivity contribution in [3.63, 3.8) is 0 Å². The number of rotatable bonds is 5. The van der Waals surface area contributed by atoms with Gasteiger partial charge < -0.3 is 19.9 Å². The van der Waals surface area contributed by atoms with Crippen molar-refractivity contribution in [3.05, 3.63) is 48.5 Å². The van der Waals surface area contributed by atoms with Crippen LogP contribution < -0.4 is 15.5 Å². The first-order valence-electron chi connectivity index (χ1n) is 12.5. The van der Waals surface area contributed by atoms with Crippen LogP contribution in [0.3, 0.4) is 0 Å². The van der Waals surface area contributed by atoms with Gasteiger partial charge in [-0.1, -0.05) is 36.6 Å². The van der Waals surface area contributed by atoms with Crippen molar-refractivity contribution < 1.29 is 23.6 Å². The van der Waals surface area contributed by atoms with E-state index in [1.807, 2.05) is 6.08 Å². The van der Waals surface area contributed by atoms with Crippen molar-refractivity contribution in [2.75, 3.05) is 10.2 Å². The number of fused-ring (bicyclic) bond motifs is 1. The van der Waals surface area contributed by atoms with E-state index in [1.54, 1.807) is 50.5 Å². The minimum absolute atomic E-state index is 0.0558. The highest BCUT2D eigenvalue weighted by molar-refractivity contribution is 6.11. The quantitative estimate of drug-likeness (QED) is 0.616. The highest BCUT2D eigenvalue weighted by atomic mass is 16.5. The summed E-state index contributed by atoms with van der Waals surface area (Å²) in [5.74, 6) is -1.95. The van der Waals surface area contributed by atoms with Crippen LogP contribution >= 0.6 is 0 Å². The second-order valence-electron chi connectivity index (χ2n) is 10.4. The van der Waals surface area contributed by atoms with Crippen molar-refractivity contribution in [2.24, 2.45) is 11.8 Å². The van der Waals surface area contributed by atoms with Gasteiger partial charge in [0.15, 0.2) is 5.82 Å². The molecule has 36 heavy (non-hydrogen) atoms. The molecule has 3 fully saturated rings. The first kappa shape index (κ1) is 22.9. The fourth-order valence-electron chi connectivity index (χ4n) is 6.46. The summed E-state index contributed by atoms with van der Waals surface area (Å²) in [6.07, 6.45) is 11.9. The first-order valence-corrected chi connectivity index (χ1v) is 12.5. The van der Waals surface area contributed by atoms with E-state index in [4.69, 9.17) is 9.26 Å². The third-order valence-electron chi connectivity index (χ3n) is 7.98. The molecule has 10 heteroatoms. The molecule has 5 heterocycles. The van der Waals surface area contributed by atoms with Gasteiger partial charge in [0.1, 0.15) is 17.4 Å². The maximum Gasteiger partial charge on any atom is 0.246 e. The predicted octanol–water partition coefficient (Wildman–Crippen LogP) is 2.51. The molecule has 6 rings (SSSR count). The Hall–Kier alpha value is -3.53. The molecule has 2 N–H and O–H groups in total. The normalized spacial score (nSPS) is 33.1. The summed E-state index contributed by atoms with van der Waals surface area (Å²) in [7, 11) is 0. The summed E-state index contributed by atoms with van der Waals surface area (Å²) in [4.78, 5) is 47.1. The van der Waals surface area contributed by atoms with Crippen LogP contribution in [0.5, 0.6) is 0 Å². The summed E-state index contributed by atoms with van der Waals surface area (Å²) >= 11 is 0. The lowest BCUT2D eigenvalue weighted by Gasteiger charge is -2.34. The zero-order chi connectivity index (χ0) is 25.1. The van der Waals surface area contributed by atoms with E-state index in [0.717, 1.165) is 32.1 Å². The van der Waals surface area contributed by atoms with Gasteiger partial charge >= 0.3 is 0 Å². The predicted molar refractivity (Wildman–Crippen MR) is 129 cm³/mol. The maximum atomic E-state index is 14.1. The van der Waals surface area contributed by atoms with Crippen molar-refractivity contribution in [2.45, 2.75) is 69.2 Å². The number of amides is 3. The Labute approximate surface area is 208 Å². The number of nitrogens with zero attached hydrogens (tertiary/aromatic N) is 3. The zero-order valence-corrected chi connectivity index (χ0v) is 20.3. The van der Waals surface area contributed by atoms with Crippen LogP contribution in [0.15, 0.2) is 47.3 Å². The monoisotopic (exact) mass is 491 g/mol. The van der Waals surface area contributed by atoms with E-state index in [0.29, 0.717) is 11.4 Å². The van der Waals surface area contributed by atoms with Crippen LogP contribution in [-0.2, 0) is 19.1 Å². The Bertz CT molecular complexity index is 1240. The Kier molecular flexibility index (Phi) is 5.26. The molecule has 0 aromatic carbocycles. The minimum Gasteiger partial charge on any atom is -0.360 e. The van der Waals surface area contributed by atoms with Crippen LogP contribution in [0.4, 0.5) is 11.5 Å². The second-order valence-corrected chi connectivity index (χ2v) is 10.4. The molecule has 2 saturated heterocycles. The number of ether oxygens (including phenoxy) is 1. The van der Waals surface area contributed by atoms with Gasteiger partial charge in [-0.25, -0.2) is 0 Å². The van der Waals surface area contributed by atoms with Crippen molar-refractivity contribution in [3.8, 4) is 0 Å². The van der Waals surface area contributed by atoms with Crippen LogP contribution in [0.2, 0.25) is 0 Å². The van der Waals surface area contributed by atoms with Crippen molar-refractivity contribution >= 4 is 29.2 Å². The van der Waals surface area contributed by atoms with E-state index in [2.05, 4.69) is 20.8 Å². The highest BCUT2D eigenvalue weighted by Gasteiger charge is 2.76. The summed E-state index contributed by atoms with van der Waals surface area (Å²) < 4.78 is 11.6. The zero-order valence-electron chi connectivity index (χ0n) is 20.3. The maximum absolute atomic E-state index is 14.1. The lowest BCUT2D eigenvalue weighted by Crippen LogP contribution is -2.56. The van der Waals surface area contributed by atoms with Gasteiger partial charge in [-0.15, -0.1) is 0 Å². The summed E-state index contributed by atoms with van der Waals surface area (Å²) in [6.45, 7) is 3.51. The number of aryl methyl sites for hydroxylation is 1. The van der Waals surface area contributed by atoms with Gasteiger partial charge in [0.05, 0.1) is 29.3 Å². The van der Waals surface area contributed by atoms with Crippen LogP contribution in [0, 0.1) is 18.8 Å². The molecule has 10 nitrogen and oxygen atoms in total. The van der Waals surface area contributed by atoms with E-state index < -0.39 is 35.0 Å². The van der Waals surface area contributed by atoms with Crippen LogP contribution in [0.25, 0.3) is 0 Å². The van der Waals surface area contributed by atoms with E-state index >= 15 is 0 Å². The molecule has 4 aliphatic rings. The van der Waals surface area contributed by atoms with Crippen molar-refractivity contribution in [1.29, 1.82) is 0 Å². The number of carbonyl (C=O) groups is 3. The Morgan fingerprint density at radius 2 is 1.97 bits per heavy atom. The third-order valence-corrected chi connectivity index (χ3v) is 7.98. The lowest BCUT2D eigenvalue weighted by molar-refractivity contribution is -0.131. The Morgan fingerprint density at radius 1 is 1.17 bits per heavy atom. The summed E-state index contributed by atoms with van der Waals surface area (Å²) in [5, 5.41) is 9.80. The Balaban J connectivity index is 1.39. The molecule has 188 valence electrons. The molecular weight excluding hydrogens is 462 g/mol. The van der Waals surface area contributed by atoms with Crippen LogP contribution in [0.1, 0.15) is 44.8 Å². The molecule has 3 aliphatic heterocycles. The number of nitrogens with one attached hydrogen (secondary N) is 2. The van der Waals surface area contributed by atoms with Gasteiger partial charge in [-0.05, 0) is 38.8 Å². The minimum atomic E-state index is -1.28. The number of hydrogen-bond donors (Lipinski definition) is 2. The van der Waals surface area contributed by atoms with Gasteiger partial charge in [-0.2, -0.15) is 0 Å². The smallest absolute Gasteiger partial charge is 0.246 e. The van der Waals surface area contributed by atoms with Gasteiger partial charge in [0, 0.05) is 18.3 Å². The molecule has 2 bridgehead atoms. The Morgan fingerprint density at radius 3 is 2.67 bits per heavy atom. The van der Waals surface area contributed by atoms with Gasteiger partial charge in [0.25, 0.3) is 0 Å². The summed E-state index contributed by atoms with van der Waals surface area (Å²) in [5.41, 5.74) is -1.83. The average molecular weight is 492 g/mol. The molecule has 0 unspecified atom stereocenters. The SMILES string of the molecule is Cc1cc(NC(=O)[C@H]2[C@H]3C(=O)N(c4cccnc4)[C@H](C(=O)NC4CCCCC4)[C@@]34C=C[C@]2(C)O4)no1. The van der Waals surface area contributed by atoms with E-state index in [9.17, 15) is 14.4 Å². The number of aromatic nitrogens is 2. The standard InChI is InChI=1S/C26H29N5O5/c1-15-13-18(30-35-15)29-22(32)19-20-24(34)31(17-9-6-12-27-14-17)21(26(20)11-10-25(19,2)36-26)23(33)28-16-7-4-3-5-8-16/h6,9-14,16,19-21H,3-5,7-8H2,1-2H3,(H,28,33)(H,29,30,32)/t19-,20+,21-,25+,26-/m1/s1. The van der Waals surface area contributed by atoms with Crippen molar-refractivity contribution in [1.82, 2.24) is 15.5 Å². The molecule has 0 radical (unpaired) electrons. The molecule has 1 saturated carbocycles. The van der Waals surface area contributed by atoms with E-state index in [1.165, 1.54) is 4.90 Å². The molecule has 1 aliphatic carbocycles.